The van der Waals surface area contributed by atoms with Crippen LogP contribution in [-0.4, -0.2) is 66.9 Å². The van der Waals surface area contributed by atoms with Gasteiger partial charge in [-0.2, -0.15) is 0 Å². The van der Waals surface area contributed by atoms with Crippen LogP contribution in [0.2, 0.25) is 0 Å². The average molecular weight is 522 g/mol. The van der Waals surface area contributed by atoms with E-state index in [2.05, 4.69) is 27.1 Å². The van der Waals surface area contributed by atoms with Crippen molar-refractivity contribution in [3.05, 3.63) is 42.7 Å². The van der Waals surface area contributed by atoms with Crippen LogP contribution < -0.4 is 24.4 Å². The van der Waals surface area contributed by atoms with E-state index in [-0.39, 0.29) is 12.1 Å². The summed E-state index contributed by atoms with van der Waals surface area (Å²) in [5.74, 6) is 2.99. The molecule has 1 fully saturated rings. The van der Waals surface area contributed by atoms with E-state index in [0.29, 0.717) is 44.3 Å². The maximum Gasteiger partial charge on any atom is 0.321 e. The zero-order valence-electron chi connectivity index (χ0n) is 22.9. The molecule has 2 amide bonds. The Labute approximate surface area is 225 Å². The number of methoxy groups -OCH3 is 1. The number of fused-ring (bicyclic) bond motifs is 1. The minimum absolute atomic E-state index is 0.107. The van der Waals surface area contributed by atoms with Gasteiger partial charge in [0.05, 0.1) is 25.3 Å². The van der Waals surface area contributed by atoms with Gasteiger partial charge in [0.2, 0.25) is 0 Å². The third kappa shape index (κ3) is 6.96. The number of rotatable bonds is 11. The molecular weight excluding hydrogens is 482 g/mol. The molecule has 0 spiro atoms. The molecule has 38 heavy (non-hydrogen) atoms. The lowest BCUT2D eigenvalue weighted by molar-refractivity contribution is 0.208. The Hall–Kier alpha value is -3.75. The van der Waals surface area contributed by atoms with E-state index in [0.717, 1.165) is 41.0 Å². The number of urea groups is 1. The van der Waals surface area contributed by atoms with E-state index in [1.165, 1.54) is 12.8 Å². The molecule has 9 heteroatoms. The van der Waals surface area contributed by atoms with Gasteiger partial charge in [0.25, 0.3) is 0 Å². The SMILES string of the molecule is CCCCCCOc1cc2ncnc(N3CCN(C(=O)Nc4ccc(OC(C)C)cc4)CC3)c2cc1OC. The number of ether oxygens (including phenoxy) is 3. The lowest BCUT2D eigenvalue weighted by atomic mass is 10.2. The van der Waals surface area contributed by atoms with Crippen LogP contribution in [0, 0.1) is 0 Å². The van der Waals surface area contributed by atoms with Crippen LogP contribution in [0.1, 0.15) is 46.5 Å². The monoisotopic (exact) mass is 521 g/mol. The number of unbranched alkanes of at least 4 members (excludes halogenated alkanes) is 3. The molecule has 3 aromatic rings. The van der Waals surface area contributed by atoms with Crippen LogP contribution in [0.5, 0.6) is 17.2 Å². The number of nitrogens with one attached hydrogen (secondary N) is 1. The summed E-state index contributed by atoms with van der Waals surface area (Å²) in [5.41, 5.74) is 1.55. The van der Waals surface area contributed by atoms with E-state index in [4.69, 9.17) is 14.2 Å². The van der Waals surface area contributed by atoms with Crippen molar-refractivity contribution in [1.29, 1.82) is 0 Å². The van der Waals surface area contributed by atoms with Gasteiger partial charge in [-0.1, -0.05) is 26.2 Å². The predicted molar refractivity (Wildman–Crippen MR) is 151 cm³/mol. The molecule has 4 rings (SSSR count). The fourth-order valence-corrected chi connectivity index (χ4v) is 4.50. The van der Waals surface area contributed by atoms with Crippen LogP contribution in [0.25, 0.3) is 10.9 Å². The molecule has 1 aromatic heterocycles. The van der Waals surface area contributed by atoms with Crippen LogP contribution in [-0.2, 0) is 0 Å². The number of carbonyl (C=O) groups is 1. The minimum Gasteiger partial charge on any atom is -0.493 e. The molecule has 2 aromatic carbocycles. The molecule has 1 aliphatic heterocycles. The summed E-state index contributed by atoms with van der Waals surface area (Å²) in [5, 5.41) is 3.89. The minimum atomic E-state index is -0.114. The highest BCUT2D eigenvalue weighted by Gasteiger charge is 2.24. The third-order valence-electron chi connectivity index (χ3n) is 6.50. The van der Waals surface area contributed by atoms with Crippen molar-refractivity contribution in [2.24, 2.45) is 0 Å². The number of amides is 2. The fourth-order valence-electron chi connectivity index (χ4n) is 4.50. The number of aromatic nitrogens is 2. The second-order valence-electron chi connectivity index (χ2n) is 9.72. The van der Waals surface area contributed by atoms with E-state index < -0.39 is 0 Å². The fraction of sp³-hybridized carbons (Fsp3) is 0.483. The second kappa shape index (κ2) is 13.2. The lowest BCUT2D eigenvalue weighted by Crippen LogP contribution is -2.50. The van der Waals surface area contributed by atoms with Gasteiger partial charge in [0, 0.05) is 43.3 Å². The van der Waals surface area contributed by atoms with Gasteiger partial charge in [-0.05, 0) is 50.6 Å². The first-order chi connectivity index (χ1) is 18.5. The predicted octanol–water partition coefficient (Wildman–Crippen LogP) is 5.74. The van der Waals surface area contributed by atoms with Crippen molar-refractivity contribution < 1.29 is 19.0 Å². The second-order valence-corrected chi connectivity index (χ2v) is 9.72. The van der Waals surface area contributed by atoms with Crippen molar-refractivity contribution in [3.63, 3.8) is 0 Å². The van der Waals surface area contributed by atoms with Crippen LogP contribution in [0.15, 0.2) is 42.7 Å². The van der Waals surface area contributed by atoms with Crippen molar-refractivity contribution in [3.8, 4) is 17.2 Å². The van der Waals surface area contributed by atoms with E-state index >= 15 is 0 Å². The standard InChI is InChI=1S/C29H39N5O4/c1-5-6-7-8-17-37-27-19-25-24(18-26(27)36-4)28(31-20-30-25)33-13-15-34(16-14-33)29(35)32-22-9-11-23(12-10-22)38-21(2)3/h9-12,18-21H,5-8,13-17H2,1-4H3,(H,32,35). The lowest BCUT2D eigenvalue weighted by Gasteiger charge is -2.35. The Balaban J connectivity index is 1.38. The Morgan fingerprint density at radius 3 is 2.45 bits per heavy atom. The molecule has 0 saturated carbocycles. The molecule has 1 saturated heterocycles. The highest BCUT2D eigenvalue weighted by molar-refractivity contribution is 5.92. The van der Waals surface area contributed by atoms with Crippen molar-refractivity contribution in [2.45, 2.75) is 52.6 Å². The quantitative estimate of drug-likeness (QED) is 0.322. The van der Waals surface area contributed by atoms with Gasteiger partial charge >= 0.3 is 6.03 Å². The molecule has 1 aliphatic rings. The Morgan fingerprint density at radius 2 is 1.76 bits per heavy atom. The van der Waals surface area contributed by atoms with Gasteiger partial charge in [-0.15, -0.1) is 0 Å². The molecule has 0 radical (unpaired) electrons. The number of anilines is 2. The molecule has 204 valence electrons. The third-order valence-corrected chi connectivity index (χ3v) is 6.50. The summed E-state index contributed by atoms with van der Waals surface area (Å²) in [4.78, 5) is 25.9. The molecule has 0 unspecified atom stereocenters. The molecule has 0 atom stereocenters. The number of benzene rings is 2. The van der Waals surface area contributed by atoms with Crippen LogP contribution in [0.4, 0.5) is 16.3 Å². The van der Waals surface area contributed by atoms with Gasteiger partial charge in [-0.3, -0.25) is 0 Å². The van der Waals surface area contributed by atoms with Gasteiger partial charge in [-0.25, -0.2) is 14.8 Å². The maximum absolute atomic E-state index is 12.9. The summed E-state index contributed by atoms with van der Waals surface area (Å²) in [7, 11) is 1.65. The molecule has 1 N–H and O–H groups in total. The van der Waals surface area contributed by atoms with Crippen molar-refractivity contribution >= 4 is 28.4 Å². The number of carbonyl (C=O) groups excluding carboxylic acids is 1. The van der Waals surface area contributed by atoms with E-state index in [1.807, 2.05) is 55.1 Å². The molecular formula is C29H39N5O4. The zero-order chi connectivity index (χ0) is 26.9. The van der Waals surface area contributed by atoms with E-state index in [9.17, 15) is 4.79 Å². The van der Waals surface area contributed by atoms with Crippen LogP contribution in [0.3, 0.4) is 0 Å². The number of hydrogen-bond acceptors (Lipinski definition) is 7. The normalized spacial score (nSPS) is 13.6. The molecule has 0 bridgehead atoms. The van der Waals surface area contributed by atoms with Crippen molar-refractivity contribution in [1.82, 2.24) is 14.9 Å². The smallest absolute Gasteiger partial charge is 0.321 e. The van der Waals surface area contributed by atoms with E-state index in [1.54, 1.807) is 13.4 Å². The highest BCUT2D eigenvalue weighted by atomic mass is 16.5. The number of hydrogen-bond donors (Lipinski definition) is 1. The molecule has 9 nitrogen and oxygen atoms in total. The van der Waals surface area contributed by atoms with Crippen molar-refractivity contribution in [2.75, 3.05) is 50.1 Å². The van der Waals surface area contributed by atoms with Gasteiger partial charge in [0.1, 0.15) is 17.9 Å². The summed E-state index contributed by atoms with van der Waals surface area (Å²) < 4.78 is 17.3. The largest absolute Gasteiger partial charge is 0.493 e. The Morgan fingerprint density at radius 1 is 1.00 bits per heavy atom. The van der Waals surface area contributed by atoms with Gasteiger partial charge in [0.15, 0.2) is 11.5 Å². The summed E-state index contributed by atoms with van der Waals surface area (Å²) >= 11 is 0. The Kier molecular flexibility index (Phi) is 9.46. The molecule has 2 heterocycles. The highest BCUT2D eigenvalue weighted by Crippen LogP contribution is 2.35. The summed E-state index contributed by atoms with van der Waals surface area (Å²) in [6, 6.07) is 11.2. The van der Waals surface area contributed by atoms with Gasteiger partial charge < -0.3 is 29.3 Å². The Bertz CT molecular complexity index is 1190. The number of piperazine rings is 1. The molecule has 0 aliphatic carbocycles. The summed E-state index contributed by atoms with van der Waals surface area (Å²) in [6.07, 6.45) is 6.27. The van der Waals surface area contributed by atoms with Crippen LogP contribution >= 0.6 is 0 Å². The zero-order valence-corrected chi connectivity index (χ0v) is 22.9. The topological polar surface area (TPSA) is 89.1 Å². The first kappa shape index (κ1) is 27.3. The summed E-state index contributed by atoms with van der Waals surface area (Å²) in [6.45, 7) is 9.32. The number of nitrogens with zero attached hydrogens (tertiary/aromatic N) is 4. The first-order valence-corrected chi connectivity index (χ1v) is 13.5. The first-order valence-electron chi connectivity index (χ1n) is 13.5. The average Bonchev–Trinajstić information content (AvgIpc) is 2.93. The maximum atomic E-state index is 12.9.